The molecule has 0 radical (unpaired) electrons. The summed E-state index contributed by atoms with van der Waals surface area (Å²) in [7, 11) is 1.22. The Labute approximate surface area is 98.6 Å². The fraction of sp³-hybridized carbons (Fsp3) is 0.500. The lowest BCUT2D eigenvalue weighted by molar-refractivity contribution is -0.387. The van der Waals surface area contributed by atoms with E-state index in [9.17, 15) is 19.7 Å². The van der Waals surface area contributed by atoms with Crippen LogP contribution in [0.1, 0.15) is 5.69 Å². The molecule has 0 N–H and O–H groups in total. The molecule has 1 rings (SSSR count). The first-order valence-corrected chi connectivity index (χ1v) is 5.54. The minimum absolute atomic E-state index is 0.0811. The van der Waals surface area contributed by atoms with Crippen molar-refractivity contribution in [2.24, 2.45) is 7.05 Å². The Bertz CT molecular complexity index is 545. The third kappa shape index (κ3) is 1.92. The standard InChI is InChI=1S/C8H10BrN3O4/c1-5-6(12(15)16)7(13)10(2)8(14)11(5)4-3-9/h3-4H2,1-2H3. The van der Waals surface area contributed by atoms with Gasteiger partial charge in [-0.3, -0.25) is 24.0 Å². The predicted molar refractivity (Wildman–Crippen MR) is 61.1 cm³/mol. The zero-order chi connectivity index (χ0) is 12.5. The highest BCUT2D eigenvalue weighted by molar-refractivity contribution is 9.09. The summed E-state index contributed by atoms with van der Waals surface area (Å²) in [5, 5.41) is 11.2. The van der Waals surface area contributed by atoms with Crippen molar-refractivity contribution >= 4 is 21.6 Å². The van der Waals surface area contributed by atoms with Crippen LogP contribution in [-0.4, -0.2) is 19.4 Å². The molecule has 7 nitrogen and oxygen atoms in total. The molecule has 0 amide bonds. The number of hydrogen-bond acceptors (Lipinski definition) is 4. The average molecular weight is 292 g/mol. The average Bonchev–Trinajstić information content (AvgIpc) is 2.21. The SMILES string of the molecule is Cc1c([N+](=O)[O-])c(=O)n(C)c(=O)n1CCBr. The van der Waals surface area contributed by atoms with Crippen LogP contribution in [0.3, 0.4) is 0 Å². The lowest BCUT2D eigenvalue weighted by Crippen LogP contribution is -2.40. The molecule has 0 aromatic carbocycles. The van der Waals surface area contributed by atoms with Crippen molar-refractivity contribution in [3.63, 3.8) is 0 Å². The smallest absolute Gasteiger partial charge is 0.290 e. The molecule has 1 aromatic rings. The van der Waals surface area contributed by atoms with E-state index in [1.54, 1.807) is 0 Å². The van der Waals surface area contributed by atoms with E-state index in [4.69, 9.17) is 0 Å². The molecule has 0 fully saturated rings. The summed E-state index contributed by atoms with van der Waals surface area (Å²) in [6.45, 7) is 1.67. The van der Waals surface area contributed by atoms with Crippen LogP contribution < -0.4 is 11.2 Å². The van der Waals surface area contributed by atoms with Crippen LogP contribution in [0, 0.1) is 17.0 Å². The maximum atomic E-state index is 11.7. The van der Waals surface area contributed by atoms with Gasteiger partial charge in [0, 0.05) is 18.9 Å². The fourth-order valence-electron chi connectivity index (χ4n) is 1.41. The van der Waals surface area contributed by atoms with E-state index >= 15 is 0 Å². The first kappa shape index (κ1) is 12.6. The largest absolute Gasteiger partial charge is 0.353 e. The van der Waals surface area contributed by atoms with Gasteiger partial charge in [-0.25, -0.2) is 4.79 Å². The summed E-state index contributed by atoms with van der Waals surface area (Å²) < 4.78 is 1.95. The Kier molecular flexibility index (Phi) is 3.63. The van der Waals surface area contributed by atoms with E-state index in [2.05, 4.69) is 15.9 Å². The van der Waals surface area contributed by atoms with Crippen molar-refractivity contribution in [1.29, 1.82) is 0 Å². The molecule has 0 bridgehead atoms. The maximum Gasteiger partial charge on any atom is 0.353 e. The lowest BCUT2D eigenvalue weighted by Gasteiger charge is -2.09. The van der Waals surface area contributed by atoms with Crippen molar-refractivity contribution in [3.8, 4) is 0 Å². The molecule has 88 valence electrons. The molecular weight excluding hydrogens is 282 g/mol. The summed E-state index contributed by atoms with van der Waals surface area (Å²) in [5.74, 6) is 0. The lowest BCUT2D eigenvalue weighted by atomic mass is 10.3. The van der Waals surface area contributed by atoms with Gasteiger partial charge in [-0.2, -0.15) is 0 Å². The molecule has 0 aliphatic rings. The summed E-state index contributed by atoms with van der Waals surface area (Å²) in [4.78, 5) is 33.1. The quantitative estimate of drug-likeness (QED) is 0.451. The van der Waals surface area contributed by atoms with Crippen molar-refractivity contribution in [3.05, 3.63) is 36.6 Å². The molecule has 0 aliphatic heterocycles. The van der Waals surface area contributed by atoms with Crippen molar-refractivity contribution in [1.82, 2.24) is 9.13 Å². The van der Waals surface area contributed by atoms with Gasteiger partial charge >= 0.3 is 16.9 Å². The zero-order valence-electron chi connectivity index (χ0n) is 8.77. The highest BCUT2D eigenvalue weighted by atomic mass is 79.9. The van der Waals surface area contributed by atoms with Gasteiger partial charge in [-0.15, -0.1) is 0 Å². The molecule has 16 heavy (non-hydrogen) atoms. The van der Waals surface area contributed by atoms with Crippen LogP contribution in [0.5, 0.6) is 0 Å². The zero-order valence-corrected chi connectivity index (χ0v) is 10.4. The van der Waals surface area contributed by atoms with E-state index in [0.29, 0.717) is 5.33 Å². The Hall–Kier alpha value is -1.44. The molecule has 0 spiro atoms. The molecular formula is C8H10BrN3O4. The number of hydrogen-bond donors (Lipinski definition) is 0. The van der Waals surface area contributed by atoms with E-state index in [-0.39, 0.29) is 12.2 Å². The summed E-state index contributed by atoms with van der Waals surface area (Å²) in [5.41, 5.74) is -1.90. The van der Waals surface area contributed by atoms with E-state index in [0.717, 1.165) is 4.57 Å². The van der Waals surface area contributed by atoms with Gasteiger partial charge in [-0.05, 0) is 6.92 Å². The number of halogens is 1. The van der Waals surface area contributed by atoms with Crippen LogP contribution in [0.15, 0.2) is 9.59 Å². The first-order chi connectivity index (χ1) is 7.41. The van der Waals surface area contributed by atoms with Gasteiger partial charge in [0.05, 0.1) is 4.92 Å². The van der Waals surface area contributed by atoms with E-state index in [1.165, 1.54) is 18.5 Å². The Balaban J connectivity index is 3.73. The van der Waals surface area contributed by atoms with Gasteiger partial charge in [0.15, 0.2) is 0 Å². The molecule has 1 aromatic heterocycles. The molecule has 0 atom stereocenters. The predicted octanol–water partition coefficient (Wildman–Crippen LogP) is 0.159. The second kappa shape index (κ2) is 4.60. The van der Waals surface area contributed by atoms with Crippen LogP contribution in [0.2, 0.25) is 0 Å². The Morgan fingerprint density at radius 3 is 2.44 bits per heavy atom. The van der Waals surface area contributed by atoms with E-state index < -0.39 is 21.9 Å². The summed E-state index contributed by atoms with van der Waals surface area (Å²) in [6.07, 6.45) is 0. The second-order valence-corrected chi connectivity index (χ2v) is 3.97. The number of alkyl halides is 1. The molecule has 0 saturated carbocycles. The topological polar surface area (TPSA) is 87.1 Å². The van der Waals surface area contributed by atoms with Crippen molar-refractivity contribution in [2.45, 2.75) is 13.5 Å². The number of nitro groups is 1. The summed E-state index contributed by atoms with van der Waals surface area (Å²) in [6, 6.07) is 0. The minimum atomic E-state index is -0.877. The molecule has 1 heterocycles. The molecule has 0 saturated heterocycles. The second-order valence-electron chi connectivity index (χ2n) is 3.18. The van der Waals surface area contributed by atoms with Crippen LogP contribution in [0.4, 0.5) is 5.69 Å². The first-order valence-electron chi connectivity index (χ1n) is 4.42. The fourth-order valence-corrected chi connectivity index (χ4v) is 1.77. The monoisotopic (exact) mass is 291 g/mol. The maximum absolute atomic E-state index is 11.7. The number of nitrogens with zero attached hydrogens (tertiary/aromatic N) is 3. The van der Waals surface area contributed by atoms with Gasteiger partial charge in [-0.1, -0.05) is 15.9 Å². The Morgan fingerprint density at radius 2 is 2.00 bits per heavy atom. The molecule has 0 unspecified atom stereocenters. The molecule has 8 heteroatoms. The number of aromatic nitrogens is 2. The van der Waals surface area contributed by atoms with Crippen molar-refractivity contribution < 1.29 is 4.92 Å². The summed E-state index contributed by atoms with van der Waals surface area (Å²) >= 11 is 3.14. The molecule has 0 aliphatic carbocycles. The van der Waals surface area contributed by atoms with Gasteiger partial charge in [0.1, 0.15) is 5.69 Å². The van der Waals surface area contributed by atoms with Crippen molar-refractivity contribution in [2.75, 3.05) is 5.33 Å². The van der Waals surface area contributed by atoms with Crippen LogP contribution >= 0.6 is 15.9 Å². The minimum Gasteiger partial charge on any atom is -0.290 e. The van der Waals surface area contributed by atoms with Crippen LogP contribution in [-0.2, 0) is 13.6 Å². The highest BCUT2D eigenvalue weighted by Crippen LogP contribution is 2.09. The third-order valence-corrected chi connectivity index (χ3v) is 2.62. The number of rotatable bonds is 3. The van der Waals surface area contributed by atoms with E-state index in [1.807, 2.05) is 0 Å². The van der Waals surface area contributed by atoms with Gasteiger partial charge < -0.3 is 0 Å². The van der Waals surface area contributed by atoms with Crippen LogP contribution in [0.25, 0.3) is 0 Å². The van der Waals surface area contributed by atoms with Gasteiger partial charge in [0.2, 0.25) is 0 Å². The highest BCUT2D eigenvalue weighted by Gasteiger charge is 2.23. The Morgan fingerprint density at radius 1 is 1.44 bits per heavy atom. The third-order valence-electron chi connectivity index (χ3n) is 2.26. The normalized spacial score (nSPS) is 10.4. The van der Waals surface area contributed by atoms with Gasteiger partial charge in [0.25, 0.3) is 0 Å².